The summed E-state index contributed by atoms with van der Waals surface area (Å²) in [6, 6.07) is -0.885. The van der Waals surface area contributed by atoms with Gasteiger partial charge in [0.1, 0.15) is 13.2 Å². The molecule has 0 aliphatic heterocycles. The van der Waals surface area contributed by atoms with Gasteiger partial charge in [-0.3, -0.25) is 9.36 Å². The smallest absolute Gasteiger partial charge is 0.268 e. The number of amides is 1. The van der Waals surface area contributed by atoms with Crippen LogP contribution in [0.1, 0.15) is 264 Å². The zero-order chi connectivity index (χ0) is 46.4. The molecule has 2 N–H and O–H groups in total. The first-order valence-corrected chi connectivity index (χ1v) is 28.7. The number of phosphoric acid groups is 1. The number of aliphatic hydroxyl groups excluding tert-OH is 1. The van der Waals surface area contributed by atoms with E-state index in [2.05, 4.69) is 31.3 Å². The summed E-state index contributed by atoms with van der Waals surface area (Å²) in [5.74, 6) is -0.196. The Bertz CT molecular complexity index is 1080. The van der Waals surface area contributed by atoms with Crippen LogP contribution in [0.2, 0.25) is 0 Å². The van der Waals surface area contributed by atoms with Crippen molar-refractivity contribution in [2.75, 3.05) is 40.9 Å². The maximum atomic E-state index is 12.9. The zero-order valence-corrected chi connectivity index (χ0v) is 43.4. The summed E-state index contributed by atoms with van der Waals surface area (Å²) in [5.41, 5.74) is 0. The van der Waals surface area contributed by atoms with Gasteiger partial charge < -0.3 is 28.8 Å². The molecular formula is C54H107N2O6P. The Hall–Kier alpha value is -1.02. The minimum Gasteiger partial charge on any atom is -0.756 e. The topological polar surface area (TPSA) is 108 Å². The predicted octanol–water partition coefficient (Wildman–Crippen LogP) is 15.4. The van der Waals surface area contributed by atoms with Crippen LogP contribution in [0, 0.1) is 0 Å². The van der Waals surface area contributed by atoms with E-state index in [1.807, 2.05) is 27.2 Å². The molecule has 3 unspecified atom stereocenters. The molecule has 0 heterocycles. The fourth-order valence-corrected chi connectivity index (χ4v) is 8.81. The molecule has 0 rings (SSSR count). The Kier molecular flexibility index (Phi) is 45.4. The third-order valence-corrected chi connectivity index (χ3v) is 13.4. The van der Waals surface area contributed by atoms with Crippen LogP contribution in [0.25, 0.3) is 0 Å². The number of carbonyl (C=O) groups excluding carboxylic acids is 1. The standard InChI is InChI=1S/C54H107N2O6P/c1-6-8-10-12-14-16-18-20-22-24-26-27-28-30-31-33-35-37-39-41-43-45-47-53(57)52(51-62-63(59,60)61-50-49-56(3,4)5)55-54(58)48-46-44-42-40-38-36-34-32-29-25-23-21-19-17-15-13-11-9-7-2/h21,23,45,47,52-53,57H,6-20,22,24-44,46,48-51H2,1-5H3,(H-,55,58,59,60)/b23-21-,47-45+. The van der Waals surface area contributed by atoms with Crippen molar-refractivity contribution in [2.24, 2.45) is 0 Å². The van der Waals surface area contributed by atoms with Gasteiger partial charge in [-0.05, 0) is 44.9 Å². The summed E-state index contributed by atoms with van der Waals surface area (Å²) >= 11 is 0. The van der Waals surface area contributed by atoms with Gasteiger partial charge in [-0.15, -0.1) is 0 Å². The summed E-state index contributed by atoms with van der Waals surface area (Å²) in [4.78, 5) is 25.4. The van der Waals surface area contributed by atoms with E-state index in [1.165, 1.54) is 205 Å². The van der Waals surface area contributed by atoms with Crippen molar-refractivity contribution < 1.29 is 32.9 Å². The van der Waals surface area contributed by atoms with E-state index in [4.69, 9.17) is 9.05 Å². The molecule has 0 saturated heterocycles. The number of aliphatic hydroxyl groups is 1. The van der Waals surface area contributed by atoms with Crippen LogP contribution >= 0.6 is 7.82 Å². The molecule has 0 saturated carbocycles. The first-order chi connectivity index (χ1) is 30.5. The van der Waals surface area contributed by atoms with Crippen molar-refractivity contribution in [3.8, 4) is 0 Å². The minimum absolute atomic E-state index is 0.000231. The van der Waals surface area contributed by atoms with E-state index >= 15 is 0 Å². The Morgan fingerprint density at radius 1 is 0.540 bits per heavy atom. The number of phosphoric ester groups is 1. The molecule has 0 aromatic rings. The fourth-order valence-electron chi connectivity index (χ4n) is 8.09. The second kappa shape index (κ2) is 46.1. The van der Waals surface area contributed by atoms with Crippen molar-refractivity contribution in [3.05, 3.63) is 24.3 Å². The van der Waals surface area contributed by atoms with Crippen LogP contribution in [0.15, 0.2) is 24.3 Å². The third-order valence-electron chi connectivity index (χ3n) is 12.4. The summed E-state index contributed by atoms with van der Waals surface area (Å²) in [7, 11) is 1.27. The predicted molar refractivity (Wildman–Crippen MR) is 270 cm³/mol. The molecule has 0 fully saturated rings. The van der Waals surface area contributed by atoms with E-state index in [-0.39, 0.29) is 19.1 Å². The monoisotopic (exact) mass is 911 g/mol. The number of hydrogen-bond donors (Lipinski definition) is 2. The summed E-state index contributed by atoms with van der Waals surface area (Å²) in [5, 5.41) is 13.9. The van der Waals surface area contributed by atoms with Gasteiger partial charge >= 0.3 is 0 Å². The Balaban J connectivity index is 4.26. The van der Waals surface area contributed by atoms with Crippen molar-refractivity contribution >= 4 is 13.7 Å². The average Bonchev–Trinajstić information content (AvgIpc) is 3.24. The molecule has 374 valence electrons. The van der Waals surface area contributed by atoms with E-state index in [1.54, 1.807) is 6.08 Å². The first-order valence-electron chi connectivity index (χ1n) is 27.2. The summed E-state index contributed by atoms with van der Waals surface area (Å²) in [6.45, 7) is 4.68. The van der Waals surface area contributed by atoms with E-state index < -0.39 is 20.0 Å². The molecule has 0 bridgehead atoms. The number of unbranched alkanes of at least 4 members (excludes halogenated alkanes) is 35. The maximum absolute atomic E-state index is 12.9. The molecule has 0 aromatic heterocycles. The molecule has 9 heteroatoms. The highest BCUT2D eigenvalue weighted by Crippen LogP contribution is 2.38. The highest BCUT2D eigenvalue weighted by Gasteiger charge is 2.23. The normalized spacial score (nSPS) is 14.2. The van der Waals surface area contributed by atoms with Gasteiger partial charge in [0.2, 0.25) is 5.91 Å². The van der Waals surface area contributed by atoms with Gasteiger partial charge in [-0.25, -0.2) is 0 Å². The lowest BCUT2D eigenvalue weighted by Crippen LogP contribution is -2.45. The molecular weight excluding hydrogens is 804 g/mol. The van der Waals surface area contributed by atoms with Gasteiger partial charge in [-0.2, -0.15) is 0 Å². The average molecular weight is 911 g/mol. The molecule has 1 amide bonds. The van der Waals surface area contributed by atoms with Gasteiger partial charge in [0.25, 0.3) is 7.82 Å². The number of likely N-dealkylation sites (N-methyl/N-ethyl adjacent to an activating group) is 1. The number of carbonyl (C=O) groups is 1. The number of nitrogens with zero attached hydrogens (tertiary/aromatic N) is 1. The second-order valence-electron chi connectivity index (χ2n) is 19.9. The summed E-state index contributed by atoms with van der Waals surface area (Å²) in [6.07, 6.45) is 56.6. The van der Waals surface area contributed by atoms with Crippen LogP contribution in [-0.4, -0.2) is 68.5 Å². The fraction of sp³-hybridized carbons (Fsp3) is 0.907. The number of quaternary nitrogens is 1. The Morgan fingerprint density at radius 2 is 0.873 bits per heavy atom. The van der Waals surface area contributed by atoms with Crippen LogP contribution in [0.3, 0.4) is 0 Å². The van der Waals surface area contributed by atoms with Gasteiger partial charge in [0.15, 0.2) is 0 Å². The number of nitrogens with one attached hydrogen (secondary N) is 1. The Morgan fingerprint density at radius 3 is 1.24 bits per heavy atom. The highest BCUT2D eigenvalue weighted by molar-refractivity contribution is 7.45. The molecule has 0 aliphatic carbocycles. The minimum atomic E-state index is -4.59. The summed E-state index contributed by atoms with van der Waals surface area (Å²) < 4.78 is 23.3. The molecule has 8 nitrogen and oxygen atoms in total. The van der Waals surface area contributed by atoms with E-state index in [0.717, 1.165) is 38.5 Å². The molecule has 0 aliphatic rings. The van der Waals surface area contributed by atoms with E-state index in [9.17, 15) is 19.4 Å². The maximum Gasteiger partial charge on any atom is 0.268 e. The van der Waals surface area contributed by atoms with Gasteiger partial charge in [-0.1, -0.05) is 237 Å². The molecule has 0 aromatic carbocycles. The lowest BCUT2D eigenvalue weighted by Gasteiger charge is -2.29. The van der Waals surface area contributed by atoms with Crippen molar-refractivity contribution in [3.63, 3.8) is 0 Å². The van der Waals surface area contributed by atoms with Gasteiger partial charge in [0.05, 0.1) is 39.9 Å². The van der Waals surface area contributed by atoms with Crippen LogP contribution in [0.5, 0.6) is 0 Å². The van der Waals surface area contributed by atoms with Crippen LogP contribution in [-0.2, 0) is 18.4 Å². The van der Waals surface area contributed by atoms with Crippen LogP contribution < -0.4 is 10.2 Å². The lowest BCUT2D eigenvalue weighted by atomic mass is 10.0. The number of hydrogen-bond acceptors (Lipinski definition) is 6. The lowest BCUT2D eigenvalue weighted by molar-refractivity contribution is -0.870. The molecule has 63 heavy (non-hydrogen) atoms. The van der Waals surface area contributed by atoms with Gasteiger partial charge in [0, 0.05) is 6.42 Å². The van der Waals surface area contributed by atoms with Crippen molar-refractivity contribution in [1.29, 1.82) is 0 Å². The first kappa shape index (κ1) is 62.0. The molecule has 0 radical (unpaired) electrons. The quantitative estimate of drug-likeness (QED) is 0.0272. The van der Waals surface area contributed by atoms with Crippen molar-refractivity contribution in [2.45, 2.75) is 276 Å². The van der Waals surface area contributed by atoms with Crippen molar-refractivity contribution in [1.82, 2.24) is 5.32 Å². The molecule has 3 atom stereocenters. The zero-order valence-electron chi connectivity index (χ0n) is 42.5. The van der Waals surface area contributed by atoms with E-state index in [0.29, 0.717) is 17.4 Å². The SMILES string of the molecule is CCCCCCCC/C=C\CCCCCCCCCCCC(=O)NC(COP(=O)([O-])OCC[N+](C)(C)C)C(O)/C=C/CCCCCCCCCCCCCCCCCCCCCC. The number of rotatable bonds is 50. The second-order valence-corrected chi connectivity index (χ2v) is 21.3. The Labute approximate surface area is 392 Å². The third kappa shape index (κ3) is 48.7. The molecule has 0 spiro atoms. The van der Waals surface area contributed by atoms with Crippen LogP contribution in [0.4, 0.5) is 0 Å². The number of allylic oxidation sites excluding steroid dienone is 3. The highest BCUT2D eigenvalue weighted by atomic mass is 31.2. The largest absolute Gasteiger partial charge is 0.756 e.